The van der Waals surface area contributed by atoms with Crippen molar-refractivity contribution in [2.75, 3.05) is 26.4 Å². The van der Waals surface area contributed by atoms with Crippen molar-refractivity contribution < 1.29 is 8.42 Å². The SMILES string of the molecule is CN1CCCN=C1NCc1ccccc1S(C)(=O)=O. The van der Waals surface area contributed by atoms with Gasteiger partial charge in [-0.3, -0.25) is 4.99 Å². The van der Waals surface area contributed by atoms with Crippen LogP contribution in [0, 0.1) is 0 Å². The van der Waals surface area contributed by atoms with Crippen LogP contribution in [-0.4, -0.2) is 45.7 Å². The summed E-state index contributed by atoms with van der Waals surface area (Å²) in [5, 5.41) is 3.21. The number of nitrogens with zero attached hydrogens (tertiary/aromatic N) is 2. The Morgan fingerprint density at radius 3 is 2.79 bits per heavy atom. The molecular formula is C13H19N3O2S. The highest BCUT2D eigenvalue weighted by molar-refractivity contribution is 7.90. The van der Waals surface area contributed by atoms with Crippen molar-refractivity contribution in [1.29, 1.82) is 0 Å². The summed E-state index contributed by atoms with van der Waals surface area (Å²) in [4.78, 5) is 6.82. The first kappa shape index (κ1) is 13.9. The molecule has 19 heavy (non-hydrogen) atoms. The van der Waals surface area contributed by atoms with Crippen molar-refractivity contribution in [3.63, 3.8) is 0 Å². The highest BCUT2D eigenvalue weighted by atomic mass is 32.2. The fourth-order valence-electron chi connectivity index (χ4n) is 2.10. The number of rotatable bonds is 3. The van der Waals surface area contributed by atoms with E-state index in [1.54, 1.807) is 12.1 Å². The van der Waals surface area contributed by atoms with Crippen LogP contribution in [-0.2, 0) is 16.4 Å². The molecule has 2 rings (SSSR count). The zero-order valence-electron chi connectivity index (χ0n) is 11.3. The molecule has 104 valence electrons. The third-order valence-electron chi connectivity index (χ3n) is 3.08. The van der Waals surface area contributed by atoms with E-state index in [0.717, 1.165) is 31.0 Å². The van der Waals surface area contributed by atoms with E-state index >= 15 is 0 Å². The first-order chi connectivity index (χ1) is 8.98. The van der Waals surface area contributed by atoms with Crippen LogP contribution >= 0.6 is 0 Å². The van der Waals surface area contributed by atoms with Crippen LogP contribution in [0.4, 0.5) is 0 Å². The fraction of sp³-hybridized carbons (Fsp3) is 0.462. The number of sulfone groups is 1. The highest BCUT2D eigenvalue weighted by Crippen LogP contribution is 2.15. The molecule has 5 nitrogen and oxygen atoms in total. The fourth-order valence-corrected chi connectivity index (χ4v) is 3.04. The molecule has 0 saturated heterocycles. The standard InChI is InChI=1S/C13H19N3O2S/c1-16-9-5-8-14-13(16)15-10-11-6-3-4-7-12(11)19(2,17)18/h3-4,6-7H,5,8-10H2,1-2H3,(H,14,15). The van der Waals surface area contributed by atoms with Gasteiger partial charge < -0.3 is 10.2 Å². The lowest BCUT2D eigenvalue weighted by Gasteiger charge is -2.25. The van der Waals surface area contributed by atoms with Gasteiger partial charge in [-0.15, -0.1) is 0 Å². The molecule has 0 atom stereocenters. The van der Waals surface area contributed by atoms with Crippen molar-refractivity contribution in [1.82, 2.24) is 10.2 Å². The van der Waals surface area contributed by atoms with Crippen LogP contribution in [0.2, 0.25) is 0 Å². The van der Waals surface area contributed by atoms with Gasteiger partial charge in [0.15, 0.2) is 15.8 Å². The van der Waals surface area contributed by atoms with Crippen molar-refractivity contribution in [2.24, 2.45) is 4.99 Å². The molecule has 0 aliphatic carbocycles. The molecule has 1 N–H and O–H groups in total. The summed E-state index contributed by atoms with van der Waals surface area (Å²) in [6.45, 7) is 2.26. The maximum Gasteiger partial charge on any atom is 0.193 e. The van der Waals surface area contributed by atoms with E-state index in [1.165, 1.54) is 6.26 Å². The minimum absolute atomic E-state index is 0.376. The van der Waals surface area contributed by atoms with Gasteiger partial charge in [0.2, 0.25) is 0 Å². The van der Waals surface area contributed by atoms with Crippen molar-refractivity contribution in [3.8, 4) is 0 Å². The van der Waals surface area contributed by atoms with Crippen molar-refractivity contribution in [3.05, 3.63) is 29.8 Å². The van der Waals surface area contributed by atoms with E-state index in [1.807, 2.05) is 24.1 Å². The lowest BCUT2D eigenvalue weighted by atomic mass is 10.2. The predicted molar refractivity (Wildman–Crippen MR) is 75.9 cm³/mol. The van der Waals surface area contributed by atoms with Crippen LogP contribution < -0.4 is 5.32 Å². The van der Waals surface area contributed by atoms with Gasteiger partial charge in [0.05, 0.1) is 4.90 Å². The molecule has 1 aromatic rings. The minimum Gasteiger partial charge on any atom is -0.352 e. The number of guanidine groups is 1. The average Bonchev–Trinajstić information content (AvgIpc) is 2.37. The van der Waals surface area contributed by atoms with Gasteiger partial charge in [0, 0.05) is 32.9 Å². The second-order valence-corrected chi connectivity index (χ2v) is 6.70. The molecule has 0 amide bonds. The first-order valence-electron chi connectivity index (χ1n) is 6.26. The first-order valence-corrected chi connectivity index (χ1v) is 8.15. The number of aliphatic imine (C=N–C) groups is 1. The average molecular weight is 281 g/mol. The second-order valence-electron chi connectivity index (χ2n) is 4.71. The summed E-state index contributed by atoms with van der Waals surface area (Å²) in [7, 11) is -1.21. The van der Waals surface area contributed by atoms with Crippen LogP contribution in [0.15, 0.2) is 34.2 Å². The quantitative estimate of drug-likeness (QED) is 0.893. The maximum atomic E-state index is 11.7. The molecule has 1 aliphatic heterocycles. The van der Waals surface area contributed by atoms with Gasteiger partial charge in [-0.05, 0) is 18.1 Å². The van der Waals surface area contributed by atoms with Crippen LogP contribution in [0.1, 0.15) is 12.0 Å². The summed E-state index contributed by atoms with van der Waals surface area (Å²) < 4.78 is 23.4. The largest absolute Gasteiger partial charge is 0.352 e. The lowest BCUT2D eigenvalue weighted by molar-refractivity contribution is 0.446. The molecule has 0 spiro atoms. The van der Waals surface area contributed by atoms with Crippen LogP contribution in [0.3, 0.4) is 0 Å². The Morgan fingerprint density at radius 2 is 2.11 bits per heavy atom. The van der Waals surface area contributed by atoms with E-state index in [9.17, 15) is 8.42 Å². The summed E-state index contributed by atoms with van der Waals surface area (Å²) >= 11 is 0. The topological polar surface area (TPSA) is 61.8 Å². The molecule has 1 aromatic carbocycles. The Labute approximate surface area is 114 Å². The minimum atomic E-state index is -3.19. The summed E-state index contributed by atoms with van der Waals surface area (Å²) in [6.07, 6.45) is 2.29. The number of hydrogen-bond donors (Lipinski definition) is 1. The van der Waals surface area contributed by atoms with E-state index in [-0.39, 0.29) is 0 Å². The lowest BCUT2D eigenvalue weighted by Crippen LogP contribution is -2.41. The van der Waals surface area contributed by atoms with Crippen molar-refractivity contribution in [2.45, 2.75) is 17.9 Å². The van der Waals surface area contributed by atoms with Crippen LogP contribution in [0.5, 0.6) is 0 Å². The Morgan fingerprint density at radius 1 is 1.37 bits per heavy atom. The van der Waals surface area contributed by atoms with E-state index in [4.69, 9.17) is 0 Å². The van der Waals surface area contributed by atoms with Gasteiger partial charge in [0.25, 0.3) is 0 Å². The van der Waals surface area contributed by atoms with Gasteiger partial charge in [-0.25, -0.2) is 8.42 Å². The smallest absolute Gasteiger partial charge is 0.193 e. The van der Waals surface area contributed by atoms with Gasteiger partial charge >= 0.3 is 0 Å². The highest BCUT2D eigenvalue weighted by Gasteiger charge is 2.14. The molecule has 1 aliphatic rings. The molecule has 0 saturated carbocycles. The van der Waals surface area contributed by atoms with E-state index in [0.29, 0.717) is 11.4 Å². The number of hydrogen-bond acceptors (Lipinski definition) is 5. The molecule has 1 heterocycles. The summed E-state index contributed by atoms with van der Waals surface area (Å²) in [6, 6.07) is 7.05. The predicted octanol–water partition coefficient (Wildman–Crippen LogP) is 0.871. The molecular weight excluding hydrogens is 262 g/mol. The summed E-state index contributed by atoms with van der Waals surface area (Å²) in [5.41, 5.74) is 0.770. The Bertz CT molecular complexity index is 581. The molecule has 0 bridgehead atoms. The normalized spacial score (nSPS) is 16.1. The van der Waals surface area contributed by atoms with Gasteiger partial charge in [-0.2, -0.15) is 0 Å². The Hall–Kier alpha value is -1.56. The van der Waals surface area contributed by atoms with E-state index < -0.39 is 9.84 Å². The molecule has 0 radical (unpaired) electrons. The van der Waals surface area contributed by atoms with Gasteiger partial charge in [0.1, 0.15) is 0 Å². The van der Waals surface area contributed by atoms with Crippen LogP contribution in [0.25, 0.3) is 0 Å². The Balaban J connectivity index is 2.14. The monoisotopic (exact) mass is 281 g/mol. The van der Waals surface area contributed by atoms with Gasteiger partial charge in [-0.1, -0.05) is 18.2 Å². The zero-order valence-corrected chi connectivity index (χ0v) is 12.1. The zero-order chi connectivity index (χ0) is 13.9. The molecule has 0 fully saturated rings. The van der Waals surface area contributed by atoms with E-state index in [2.05, 4.69) is 10.3 Å². The molecule has 0 aromatic heterocycles. The second kappa shape index (κ2) is 5.61. The number of benzene rings is 1. The number of nitrogens with one attached hydrogen (secondary N) is 1. The molecule has 0 unspecified atom stereocenters. The molecule has 6 heteroatoms. The van der Waals surface area contributed by atoms with Crippen molar-refractivity contribution >= 4 is 15.8 Å². The maximum absolute atomic E-state index is 11.7. The Kier molecular flexibility index (Phi) is 4.09. The summed E-state index contributed by atoms with van der Waals surface area (Å²) in [5.74, 6) is 0.828. The third-order valence-corrected chi connectivity index (χ3v) is 4.28. The third kappa shape index (κ3) is 3.47.